The van der Waals surface area contributed by atoms with Crippen LogP contribution in [0.5, 0.6) is 0 Å². The van der Waals surface area contributed by atoms with Gasteiger partial charge >= 0.3 is 0 Å². The van der Waals surface area contributed by atoms with Crippen molar-refractivity contribution in [1.29, 1.82) is 0 Å². The number of hydrogen-bond donors (Lipinski definition) is 0. The summed E-state index contributed by atoms with van der Waals surface area (Å²) < 4.78 is 0.745. The standard InChI is InChI=1S/C6H12IN/c1-6(7)8-4-2-3-5-8/h6H,2-5H2,1H3/t6-/m1/s1. The average Bonchev–Trinajstić information content (AvgIpc) is 2.12. The van der Waals surface area contributed by atoms with Gasteiger partial charge in [-0.15, -0.1) is 0 Å². The predicted molar refractivity (Wildman–Crippen MR) is 44.3 cm³/mol. The van der Waals surface area contributed by atoms with Crippen molar-refractivity contribution in [3.05, 3.63) is 0 Å². The molecular weight excluding hydrogens is 213 g/mol. The molecule has 0 unspecified atom stereocenters. The second-order valence-electron chi connectivity index (χ2n) is 2.32. The normalized spacial score (nSPS) is 26.2. The molecule has 1 atom stereocenters. The highest BCUT2D eigenvalue weighted by atomic mass is 127. The third-order valence-electron chi connectivity index (χ3n) is 1.64. The summed E-state index contributed by atoms with van der Waals surface area (Å²) in [6.45, 7) is 4.90. The summed E-state index contributed by atoms with van der Waals surface area (Å²) in [4.78, 5) is 2.51. The van der Waals surface area contributed by atoms with Gasteiger partial charge in [0.15, 0.2) is 0 Å². The SMILES string of the molecule is C[C@H](I)N1CCCC1. The van der Waals surface area contributed by atoms with Crippen LogP contribution in [0.1, 0.15) is 19.8 Å². The van der Waals surface area contributed by atoms with Crippen molar-refractivity contribution >= 4 is 22.6 Å². The lowest BCUT2D eigenvalue weighted by atomic mass is 10.4. The zero-order valence-electron chi connectivity index (χ0n) is 5.23. The third kappa shape index (κ3) is 1.58. The molecular formula is C6H12IN. The van der Waals surface area contributed by atoms with Crippen LogP contribution in [-0.4, -0.2) is 22.0 Å². The van der Waals surface area contributed by atoms with E-state index in [4.69, 9.17) is 0 Å². The largest absolute Gasteiger partial charge is 0.292 e. The molecule has 0 saturated carbocycles. The fourth-order valence-electron chi connectivity index (χ4n) is 1.10. The third-order valence-corrected chi connectivity index (χ3v) is 2.43. The molecule has 1 fully saturated rings. The second-order valence-corrected chi connectivity index (χ2v) is 4.12. The number of rotatable bonds is 1. The minimum absolute atomic E-state index is 0.745. The fourth-order valence-corrected chi connectivity index (χ4v) is 1.65. The number of hydrogen-bond acceptors (Lipinski definition) is 1. The molecule has 0 bridgehead atoms. The molecule has 1 heterocycles. The average molecular weight is 225 g/mol. The lowest BCUT2D eigenvalue weighted by Crippen LogP contribution is -2.24. The van der Waals surface area contributed by atoms with Gasteiger partial charge in [-0.2, -0.15) is 0 Å². The Kier molecular flexibility index (Phi) is 2.56. The summed E-state index contributed by atoms with van der Waals surface area (Å²) in [7, 11) is 0. The van der Waals surface area contributed by atoms with Gasteiger partial charge in [0.25, 0.3) is 0 Å². The Morgan fingerprint density at radius 3 is 2.12 bits per heavy atom. The Labute approximate surface area is 64.6 Å². The van der Waals surface area contributed by atoms with Crippen molar-refractivity contribution in [3.8, 4) is 0 Å². The molecule has 0 aromatic rings. The van der Waals surface area contributed by atoms with E-state index in [2.05, 4.69) is 34.4 Å². The van der Waals surface area contributed by atoms with Gasteiger partial charge in [-0.1, -0.05) is 22.6 Å². The highest BCUT2D eigenvalue weighted by Crippen LogP contribution is 2.14. The Hall–Kier alpha value is 0.690. The van der Waals surface area contributed by atoms with Gasteiger partial charge in [0, 0.05) is 0 Å². The summed E-state index contributed by atoms with van der Waals surface area (Å²) in [6, 6.07) is 0. The molecule has 0 aliphatic carbocycles. The van der Waals surface area contributed by atoms with Gasteiger partial charge in [0.1, 0.15) is 0 Å². The zero-order valence-corrected chi connectivity index (χ0v) is 7.39. The molecule has 8 heavy (non-hydrogen) atoms. The Balaban J connectivity index is 2.24. The van der Waals surface area contributed by atoms with E-state index in [9.17, 15) is 0 Å². The topological polar surface area (TPSA) is 3.24 Å². The van der Waals surface area contributed by atoms with Crippen LogP contribution in [0.3, 0.4) is 0 Å². The number of nitrogens with zero attached hydrogens (tertiary/aromatic N) is 1. The molecule has 1 aliphatic rings. The number of alkyl halides is 1. The van der Waals surface area contributed by atoms with E-state index in [0.717, 1.165) is 4.05 Å². The maximum Gasteiger partial charge on any atom is 0.0589 e. The lowest BCUT2D eigenvalue weighted by molar-refractivity contribution is 0.344. The van der Waals surface area contributed by atoms with Crippen molar-refractivity contribution in [2.45, 2.75) is 23.8 Å². The van der Waals surface area contributed by atoms with E-state index in [1.165, 1.54) is 25.9 Å². The highest BCUT2D eigenvalue weighted by Gasteiger charge is 2.14. The molecule has 0 aromatic heterocycles. The molecule has 0 amide bonds. The number of halogens is 1. The smallest absolute Gasteiger partial charge is 0.0589 e. The minimum atomic E-state index is 0.745. The van der Waals surface area contributed by atoms with Gasteiger partial charge in [0.2, 0.25) is 0 Å². The van der Waals surface area contributed by atoms with Crippen LogP contribution in [0.4, 0.5) is 0 Å². The first-order valence-corrected chi connectivity index (χ1v) is 4.43. The van der Waals surface area contributed by atoms with Crippen LogP contribution in [-0.2, 0) is 0 Å². The quantitative estimate of drug-likeness (QED) is 0.374. The molecule has 1 aliphatic heterocycles. The van der Waals surface area contributed by atoms with Crippen LogP contribution in [0.15, 0.2) is 0 Å². The van der Waals surface area contributed by atoms with Crippen molar-refractivity contribution in [3.63, 3.8) is 0 Å². The fraction of sp³-hybridized carbons (Fsp3) is 1.00. The molecule has 2 heteroatoms. The van der Waals surface area contributed by atoms with Crippen molar-refractivity contribution in [2.75, 3.05) is 13.1 Å². The minimum Gasteiger partial charge on any atom is -0.292 e. The Bertz CT molecular complexity index is 66.9. The van der Waals surface area contributed by atoms with Crippen LogP contribution in [0.25, 0.3) is 0 Å². The Morgan fingerprint density at radius 1 is 1.38 bits per heavy atom. The van der Waals surface area contributed by atoms with E-state index < -0.39 is 0 Å². The van der Waals surface area contributed by atoms with Crippen molar-refractivity contribution in [1.82, 2.24) is 4.90 Å². The van der Waals surface area contributed by atoms with Gasteiger partial charge < -0.3 is 0 Å². The van der Waals surface area contributed by atoms with E-state index >= 15 is 0 Å². The lowest BCUT2D eigenvalue weighted by Gasteiger charge is -2.16. The van der Waals surface area contributed by atoms with Gasteiger partial charge in [-0.05, 0) is 32.9 Å². The predicted octanol–water partition coefficient (Wildman–Crippen LogP) is 1.86. The highest BCUT2D eigenvalue weighted by molar-refractivity contribution is 14.1. The molecule has 0 radical (unpaired) electrons. The summed E-state index contributed by atoms with van der Waals surface area (Å²) in [6.07, 6.45) is 2.82. The second kappa shape index (κ2) is 3.01. The first-order chi connectivity index (χ1) is 3.80. The summed E-state index contributed by atoms with van der Waals surface area (Å²) in [5.41, 5.74) is 0. The van der Waals surface area contributed by atoms with E-state index in [0.29, 0.717) is 0 Å². The molecule has 1 saturated heterocycles. The van der Waals surface area contributed by atoms with Crippen molar-refractivity contribution < 1.29 is 0 Å². The van der Waals surface area contributed by atoms with Gasteiger partial charge in [-0.3, -0.25) is 4.90 Å². The van der Waals surface area contributed by atoms with Crippen LogP contribution in [0, 0.1) is 0 Å². The Morgan fingerprint density at radius 2 is 1.88 bits per heavy atom. The zero-order chi connectivity index (χ0) is 5.98. The summed E-state index contributed by atoms with van der Waals surface area (Å²) in [5.74, 6) is 0. The molecule has 0 spiro atoms. The maximum atomic E-state index is 2.51. The van der Waals surface area contributed by atoms with Crippen LogP contribution in [0.2, 0.25) is 0 Å². The maximum absolute atomic E-state index is 2.51. The summed E-state index contributed by atoms with van der Waals surface area (Å²) in [5, 5.41) is 0. The van der Waals surface area contributed by atoms with Gasteiger partial charge in [0.05, 0.1) is 4.05 Å². The first-order valence-electron chi connectivity index (χ1n) is 3.19. The molecule has 0 aromatic carbocycles. The molecule has 48 valence electrons. The molecule has 1 nitrogen and oxygen atoms in total. The monoisotopic (exact) mass is 225 g/mol. The van der Waals surface area contributed by atoms with E-state index in [1.807, 2.05) is 0 Å². The van der Waals surface area contributed by atoms with Crippen LogP contribution >= 0.6 is 22.6 Å². The van der Waals surface area contributed by atoms with E-state index in [-0.39, 0.29) is 0 Å². The summed E-state index contributed by atoms with van der Waals surface area (Å²) >= 11 is 2.47. The van der Waals surface area contributed by atoms with Crippen LogP contribution < -0.4 is 0 Å². The molecule has 1 rings (SSSR count). The number of likely N-dealkylation sites (tertiary alicyclic amines) is 1. The molecule has 0 N–H and O–H groups in total. The first kappa shape index (κ1) is 6.81. The van der Waals surface area contributed by atoms with Gasteiger partial charge in [-0.25, -0.2) is 0 Å². The van der Waals surface area contributed by atoms with E-state index in [1.54, 1.807) is 0 Å². The van der Waals surface area contributed by atoms with Crippen molar-refractivity contribution in [2.24, 2.45) is 0 Å².